The van der Waals surface area contributed by atoms with Gasteiger partial charge in [0.1, 0.15) is 0 Å². The van der Waals surface area contributed by atoms with Crippen LogP contribution in [-0.2, 0) is 4.79 Å². The van der Waals surface area contributed by atoms with E-state index in [1.807, 2.05) is 0 Å². The third-order valence-electron chi connectivity index (χ3n) is 1.32. The van der Waals surface area contributed by atoms with Crippen molar-refractivity contribution in [1.82, 2.24) is 0 Å². The Hall–Kier alpha value is -0.580. The standard InChI is InChI=1S/C5H8F3NO/c1-3(10)4(2,9)5(6,7)8/h9H2,1-2H3. The molecule has 0 radical (unpaired) electrons. The predicted molar refractivity (Wildman–Crippen MR) is 29.3 cm³/mol. The highest BCUT2D eigenvalue weighted by atomic mass is 19.4. The first-order chi connectivity index (χ1) is 4.19. The minimum Gasteiger partial charge on any atom is -0.312 e. The molecule has 0 aromatic carbocycles. The second kappa shape index (κ2) is 2.23. The molecule has 0 saturated heterocycles. The number of hydrogen-bond acceptors (Lipinski definition) is 2. The Morgan fingerprint density at radius 2 is 1.70 bits per heavy atom. The maximum Gasteiger partial charge on any atom is 0.413 e. The minimum absolute atomic E-state index is 0.648. The first kappa shape index (κ1) is 9.42. The van der Waals surface area contributed by atoms with Crippen molar-refractivity contribution in [2.24, 2.45) is 5.73 Å². The van der Waals surface area contributed by atoms with Crippen LogP contribution in [0.3, 0.4) is 0 Å². The largest absolute Gasteiger partial charge is 0.413 e. The van der Waals surface area contributed by atoms with Crippen LogP contribution >= 0.6 is 0 Å². The summed E-state index contributed by atoms with van der Waals surface area (Å²) >= 11 is 0. The highest BCUT2D eigenvalue weighted by Gasteiger charge is 2.51. The smallest absolute Gasteiger partial charge is 0.312 e. The van der Waals surface area contributed by atoms with E-state index in [4.69, 9.17) is 0 Å². The average molecular weight is 155 g/mol. The van der Waals surface area contributed by atoms with Crippen molar-refractivity contribution < 1.29 is 18.0 Å². The van der Waals surface area contributed by atoms with Gasteiger partial charge in [-0.3, -0.25) is 4.79 Å². The molecule has 1 atom stereocenters. The molecule has 0 amide bonds. The number of carbonyl (C=O) groups excluding carboxylic acids is 1. The van der Waals surface area contributed by atoms with Gasteiger partial charge in [-0.25, -0.2) is 0 Å². The predicted octanol–water partition coefficient (Wildman–Crippen LogP) is 0.855. The van der Waals surface area contributed by atoms with Crippen LogP contribution in [0.25, 0.3) is 0 Å². The zero-order chi connectivity index (χ0) is 8.58. The van der Waals surface area contributed by atoms with E-state index in [0.717, 1.165) is 6.92 Å². The number of rotatable bonds is 1. The van der Waals surface area contributed by atoms with Crippen LogP contribution in [0, 0.1) is 0 Å². The van der Waals surface area contributed by atoms with Gasteiger partial charge in [-0.1, -0.05) is 0 Å². The molecule has 0 aromatic rings. The third-order valence-corrected chi connectivity index (χ3v) is 1.32. The van der Waals surface area contributed by atoms with Gasteiger partial charge < -0.3 is 5.73 Å². The van der Waals surface area contributed by atoms with E-state index in [2.05, 4.69) is 5.73 Å². The second-order valence-corrected chi connectivity index (χ2v) is 2.26. The lowest BCUT2D eigenvalue weighted by atomic mass is 9.99. The normalized spacial score (nSPS) is 18.2. The molecular weight excluding hydrogens is 147 g/mol. The Labute approximate surface area is 56.2 Å². The molecule has 10 heavy (non-hydrogen) atoms. The van der Waals surface area contributed by atoms with Crippen LogP contribution in [0.5, 0.6) is 0 Å². The first-order valence-corrected chi connectivity index (χ1v) is 2.56. The summed E-state index contributed by atoms with van der Waals surface area (Å²) in [5.41, 5.74) is 1.96. The Balaban J connectivity index is 4.57. The van der Waals surface area contributed by atoms with Crippen molar-refractivity contribution in [2.75, 3.05) is 0 Å². The van der Waals surface area contributed by atoms with Crippen LogP contribution in [0.1, 0.15) is 13.8 Å². The van der Waals surface area contributed by atoms with Gasteiger partial charge in [0, 0.05) is 0 Å². The molecule has 0 heterocycles. The monoisotopic (exact) mass is 155 g/mol. The summed E-state index contributed by atoms with van der Waals surface area (Å²) < 4.78 is 35.2. The van der Waals surface area contributed by atoms with Crippen LogP contribution in [0.2, 0.25) is 0 Å². The van der Waals surface area contributed by atoms with Gasteiger partial charge in [0.05, 0.1) is 0 Å². The Bertz CT molecular complexity index is 149. The van der Waals surface area contributed by atoms with Gasteiger partial charge in [-0.05, 0) is 13.8 Å². The van der Waals surface area contributed by atoms with Crippen LogP contribution < -0.4 is 5.73 Å². The number of hydrogen-bond donors (Lipinski definition) is 1. The summed E-state index contributed by atoms with van der Waals surface area (Å²) in [5, 5.41) is 0. The molecule has 0 spiro atoms. The maximum atomic E-state index is 11.7. The van der Waals surface area contributed by atoms with Gasteiger partial charge in [0.25, 0.3) is 0 Å². The van der Waals surface area contributed by atoms with Crippen molar-refractivity contribution in [2.45, 2.75) is 25.6 Å². The van der Waals surface area contributed by atoms with E-state index in [-0.39, 0.29) is 0 Å². The quantitative estimate of drug-likeness (QED) is 0.610. The van der Waals surface area contributed by atoms with Crippen molar-refractivity contribution in [3.63, 3.8) is 0 Å². The summed E-state index contributed by atoms with van der Waals surface area (Å²) in [6.07, 6.45) is -4.65. The highest BCUT2D eigenvalue weighted by molar-refractivity contribution is 5.86. The van der Waals surface area contributed by atoms with E-state index < -0.39 is 17.5 Å². The lowest BCUT2D eigenvalue weighted by Crippen LogP contribution is -2.56. The van der Waals surface area contributed by atoms with Gasteiger partial charge in [-0.2, -0.15) is 13.2 Å². The Kier molecular flexibility index (Phi) is 2.10. The molecule has 0 aliphatic heterocycles. The van der Waals surface area contributed by atoms with E-state index in [1.54, 1.807) is 0 Å². The lowest BCUT2D eigenvalue weighted by molar-refractivity contribution is -0.184. The zero-order valence-corrected chi connectivity index (χ0v) is 5.62. The van der Waals surface area contributed by atoms with Gasteiger partial charge >= 0.3 is 6.18 Å². The molecule has 60 valence electrons. The van der Waals surface area contributed by atoms with Gasteiger partial charge in [-0.15, -0.1) is 0 Å². The Morgan fingerprint density at radius 3 is 1.70 bits per heavy atom. The lowest BCUT2D eigenvalue weighted by Gasteiger charge is -2.23. The number of Topliss-reactive ketones (excluding diaryl/α,β-unsaturated/α-hetero) is 1. The van der Waals surface area contributed by atoms with Crippen LogP contribution in [-0.4, -0.2) is 17.5 Å². The van der Waals surface area contributed by atoms with Gasteiger partial charge in [0.2, 0.25) is 0 Å². The van der Waals surface area contributed by atoms with Crippen LogP contribution in [0.4, 0.5) is 13.2 Å². The number of carbonyl (C=O) groups is 1. The topological polar surface area (TPSA) is 43.1 Å². The maximum absolute atomic E-state index is 11.7. The fourth-order valence-corrected chi connectivity index (χ4v) is 0.200. The summed E-state index contributed by atoms with van der Waals surface area (Å²) in [5.74, 6) is -1.08. The molecule has 0 saturated carbocycles. The number of ketones is 1. The Morgan fingerprint density at radius 1 is 1.40 bits per heavy atom. The van der Waals surface area contributed by atoms with Crippen molar-refractivity contribution in [1.29, 1.82) is 0 Å². The molecule has 0 aliphatic rings. The molecule has 1 unspecified atom stereocenters. The first-order valence-electron chi connectivity index (χ1n) is 2.56. The second-order valence-electron chi connectivity index (χ2n) is 2.26. The fourth-order valence-electron chi connectivity index (χ4n) is 0.200. The molecule has 0 rings (SSSR count). The van der Waals surface area contributed by atoms with Crippen molar-refractivity contribution in [3.05, 3.63) is 0 Å². The SMILES string of the molecule is CC(=O)C(C)(N)C(F)(F)F. The molecule has 0 aromatic heterocycles. The summed E-state index contributed by atoms with van der Waals surface area (Å²) in [6.45, 7) is 1.46. The molecule has 0 fully saturated rings. The van der Waals surface area contributed by atoms with E-state index >= 15 is 0 Å². The molecule has 0 aliphatic carbocycles. The summed E-state index contributed by atoms with van der Waals surface area (Å²) in [7, 11) is 0. The number of alkyl halides is 3. The highest BCUT2D eigenvalue weighted by Crippen LogP contribution is 2.28. The zero-order valence-electron chi connectivity index (χ0n) is 5.62. The molecule has 0 bridgehead atoms. The molecule has 2 N–H and O–H groups in total. The molecule has 2 nitrogen and oxygen atoms in total. The van der Waals surface area contributed by atoms with Gasteiger partial charge in [0.15, 0.2) is 11.3 Å². The average Bonchev–Trinajstić information content (AvgIpc) is 1.62. The number of nitrogens with two attached hydrogens (primary N) is 1. The summed E-state index contributed by atoms with van der Waals surface area (Å²) in [4.78, 5) is 10.3. The van der Waals surface area contributed by atoms with E-state index in [9.17, 15) is 18.0 Å². The molecule has 5 heteroatoms. The van der Waals surface area contributed by atoms with Crippen molar-refractivity contribution >= 4 is 5.78 Å². The van der Waals surface area contributed by atoms with E-state index in [0.29, 0.717) is 6.92 Å². The number of halogens is 3. The summed E-state index contributed by atoms with van der Waals surface area (Å²) in [6, 6.07) is 0. The minimum atomic E-state index is -4.65. The van der Waals surface area contributed by atoms with Crippen LogP contribution in [0.15, 0.2) is 0 Å². The third kappa shape index (κ3) is 1.47. The fraction of sp³-hybridized carbons (Fsp3) is 0.800. The molecular formula is C5H8F3NO. The van der Waals surface area contributed by atoms with E-state index in [1.165, 1.54) is 0 Å². The van der Waals surface area contributed by atoms with Crippen molar-refractivity contribution in [3.8, 4) is 0 Å².